The molecule has 4 rings (SSSR count). The number of nitrogens with zero attached hydrogens (tertiary/aromatic N) is 3. The maximum atomic E-state index is 12.3. The predicted octanol–water partition coefficient (Wildman–Crippen LogP) is 1.57. The summed E-state index contributed by atoms with van der Waals surface area (Å²) in [4.78, 5) is 23.5. The van der Waals surface area contributed by atoms with E-state index in [0.717, 1.165) is 0 Å². The van der Waals surface area contributed by atoms with Gasteiger partial charge in [-0.3, -0.25) is 4.79 Å². The summed E-state index contributed by atoms with van der Waals surface area (Å²) in [5.74, 6) is -0.476. The first-order chi connectivity index (χ1) is 12.4. The minimum atomic E-state index is -2.99. The summed E-state index contributed by atoms with van der Waals surface area (Å²) >= 11 is 6.35. The molecule has 0 aromatic carbocycles. The molecule has 3 aromatic rings. The maximum Gasteiger partial charge on any atom is 0.316 e. The summed E-state index contributed by atoms with van der Waals surface area (Å²) in [6, 6.07) is 1.54. The van der Waals surface area contributed by atoms with Crippen LogP contribution >= 0.6 is 11.6 Å². The minimum Gasteiger partial charge on any atom is -0.346 e. The van der Waals surface area contributed by atoms with Crippen LogP contribution in [0.5, 0.6) is 0 Å². The number of hydrogen-bond donors (Lipinski definition) is 2. The van der Waals surface area contributed by atoms with E-state index >= 15 is 0 Å². The Balaban J connectivity index is 1.52. The van der Waals surface area contributed by atoms with Crippen LogP contribution in [0, 0.1) is 0 Å². The van der Waals surface area contributed by atoms with Gasteiger partial charge in [-0.25, -0.2) is 13.4 Å². The van der Waals surface area contributed by atoms with Crippen molar-refractivity contribution in [2.75, 3.05) is 11.5 Å². The second-order valence-corrected chi connectivity index (χ2v) is 8.73. The fourth-order valence-corrected chi connectivity index (χ4v) is 4.62. The van der Waals surface area contributed by atoms with E-state index < -0.39 is 15.7 Å². The number of carbonyl (C=O) groups excluding carboxylic acids is 1. The standard InChI is InChI=1S/C15H14ClN5O4S/c16-11-9-1-4-17-12(9)18-7-10(11)13-20-15(25-21-13)14(22)19-8-2-5-26(23,24)6-3-8/h1,4,7-8H,2-3,5-6H2,(H,17,18)(H,19,22). The van der Waals surface area contributed by atoms with Crippen LogP contribution in [-0.4, -0.2) is 52.0 Å². The topological polar surface area (TPSA) is 131 Å². The predicted molar refractivity (Wildman–Crippen MR) is 93.5 cm³/mol. The molecule has 1 amide bonds. The Morgan fingerprint density at radius 2 is 2.12 bits per heavy atom. The summed E-state index contributed by atoms with van der Waals surface area (Å²) in [6.45, 7) is 0. The molecule has 26 heavy (non-hydrogen) atoms. The first-order valence-corrected chi connectivity index (χ1v) is 10.1. The third-order valence-electron chi connectivity index (χ3n) is 4.27. The lowest BCUT2D eigenvalue weighted by Crippen LogP contribution is -2.40. The Hall–Kier alpha value is -2.46. The monoisotopic (exact) mass is 395 g/mol. The molecule has 1 aliphatic rings. The molecule has 4 heterocycles. The molecule has 0 aliphatic carbocycles. The van der Waals surface area contributed by atoms with Crippen molar-refractivity contribution in [1.82, 2.24) is 25.4 Å². The van der Waals surface area contributed by atoms with E-state index in [1.807, 2.05) is 0 Å². The van der Waals surface area contributed by atoms with Crippen LogP contribution in [0.4, 0.5) is 0 Å². The molecule has 0 spiro atoms. The first kappa shape index (κ1) is 17.0. The largest absolute Gasteiger partial charge is 0.346 e. The van der Waals surface area contributed by atoms with Crippen molar-refractivity contribution in [3.63, 3.8) is 0 Å². The summed E-state index contributed by atoms with van der Waals surface area (Å²) in [5, 5.41) is 7.64. The second kappa shape index (κ2) is 6.36. The summed E-state index contributed by atoms with van der Waals surface area (Å²) in [6.07, 6.45) is 3.95. The molecule has 0 atom stereocenters. The number of nitrogens with one attached hydrogen (secondary N) is 2. The van der Waals surface area contributed by atoms with Crippen LogP contribution in [0.1, 0.15) is 23.5 Å². The van der Waals surface area contributed by atoms with Crippen molar-refractivity contribution in [1.29, 1.82) is 0 Å². The number of aromatic amines is 1. The number of halogens is 1. The van der Waals surface area contributed by atoms with Gasteiger partial charge in [0.25, 0.3) is 0 Å². The van der Waals surface area contributed by atoms with E-state index in [1.165, 1.54) is 6.20 Å². The molecule has 0 unspecified atom stereocenters. The molecule has 9 nitrogen and oxygen atoms in total. The maximum absolute atomic E-state index is 12.3. The number of hydrogen-bond acceptors (Lipinski definition) is 7. The van der Waals surface area contributed by atoms with Crippen LogP contribution < -0.4 is 5.32 Å². The quantitative estimate of drug-likeness (QED) is 0.688. The van der Waals surface area contributed by atoms with Gasteiger partial charge in [0.2, 0.25) is 5.82 Å². The third kappa shape index (κ3) is 3.17. The second-order valence-electron chi connectivity index (χ2n) is 6.05. The molecule has 3 aromatic heterocycles. The highest BCUT2D eigenvalue weighted by molar-refractivity contribution is 7.91. The van der Waals surface area contributed by atoms with E-state index in [1.54, 1.807) is 12.3 Å². The van der Waals surface area contributed by atoms with Crippen LogP contribution in [0.2, 0.25) is 5.02 Å². The summed E-state index contributed by atoms with van der Waals surface area (Å²) in [5.41, 5.74) is 1.08. The van der Waals surface area contributed by atoms with E-state index in [2.05, 4.69) is 25.4 Å². The highest BCUT2D eigenvalue weighted by atomic mass is 35.5. The van der Waals surface area contributed by atoms with Crippen LogP contribution in [-0.2, 0) is 9.84 Å². The fourth-order valence-electron chi connectivity index (χ4n) is 2.84. The summed E-state index contributed by atoms with van der Waals surface area (Å²) < 4.78 is 27.9. The number of rotatable bonds is 3. The van der Waals surface area contributed by atoms with Crippen molar-refractivity contribution >= 4 is 38.4 Å². The van der Waals surface area contributed by atoms with E-state index in [-0.39, 0.29) is 29.3 Å². The van der Waals surface area contributed by atoms with Gasteiger partial charge in [0.05, 0.1) is 22.1 Å². The molecular weight excluding hydrogens is 382 g/mol. The lowest BCUT2D eigenvalue weighted by atomic mass is 10.1. The van der Waals surface area contributed by atoms with Gasteiger partial charge in [0.15, 0.2) is 0 Å². The van der Waals surface area contributed by atoms with Gasteiger partial charge < -0.3 is 14.8 Å². The molecule has 1 aliphatic heterocycles. The van der Waals surface area contributed by atoms with Crippen molar-refractivity contribution in [2.24, 2.45) is 0 Å². The zero-order valence-corrected chi connectivity index (χ0v) is 15.0. The molecule has 0 saturated carbocycles. The Labute approximate surface area is 153 Å². The average molecular weight is 396 g/mol. The van der Waals surface area contributed by atoms with E-state index in [9.17, 15) is 13.2 Å². The van der Waals surface area contributed by atoms with Gasteiger partial charge in [-0.1, -0.05) is 16.8 Å². The fraction of sp³-hybridized carbons (Fsp3) is 0.333. The molecule has 0 radical (unpaired) electrons. The zero-order chi connectivity index (χ0) is 18.3. The number of carbonyl (C=O) groups is 1. The van der Waals surface area contributed by atoms with Gasteiger partial charge in [-0.05, 0) is 18.9 Å². The smallest absolute Gasteiger partial charge is 0.316 e. The normalized spacial score (nSPS) is 17.4. The van der Waals surface area contributed by atoms with Gasteiger partial charge in [0, 0.05) is 23.8 Å². The number of aromatic nitrogens is 4. The Bertz CT molecular complexity index is 1080. The molecule has 1 fully saturated rings. The number of amides is 1. The van der Waals surface area contributed by atoms with Crippen molar-refractivity contribution < 1.29 is 17.7 Å². The van der Waals surface area contributed by atoms with Gasteiger partial charge in [-0.2, -0.15) is 4.98 Å². The van der Waals surface area contributed by atoms with Crippen molar-refractivity contribution in [3.05, 3.63) is 29.4 Å². The molecule has 0 bridgehead atoms. The van der Waals surface area contributed by atoms with Crippen LogP contribution in [0.3, 0.4) is 0 Å². The Kier molecular flexibility index (Phi) is 4.16. The van der Waals surface area contributed by atoms with Crippen molar-refractivity contribution in [2.45, 2.75) is 18.9 Å². The lowest BCUT2D eigenvalue weighted by Gasteiger charge is -2.22. The number of fused-ring (bicyclic) bond motifs is 1. The van der Waals surface area contributed by atoms with Gasteiger partial charge in [-0.15, -0.1) is 0 Å². The first-order valence-electron chi connectivity index (χ1n) is 7.90. The number of pyridine rings is 1. The number of sulfone groups is 1. The lowest BCUT2D eigenvalue weighted by molar-refractivity contribution is 0.0890. The molecule has 11 heteroatoms. The molecule has 1 saturated heterocycles. The Morgan fingerprint density at radius 1 is 1.35 bits per heavy atom. The van der Waals surface area contributed by atoms with E-state index in [4.69, 9.17) is 16.1 Å². The highest BCUT2D eigenvalue weighted by Crippen LogP contribution is 2.31. The number of H-pyrrole nitrogens is 1. The van der Waals surface area contributed by atoms with E-state index in [0.29, 0.717) is 34.5 Å². The Morgan fingerprint density at radius 3 is 2.88 bits per heavy atom. The third-order valence-corrected chi connectivity index (χ3v) is 6.39. The van der Waals surface area contributed by atoms with Crippen molar-refractivity contribution in [3.8, 4) is 11.4 Å². The SMILES string of the molecule is O=C(NC1CCS(=O)(=O)CC1)c1nc(-c2cnc3[nH]ccc3c2Cl)no1. The van der Waals surface area contributed by atoms with Crippen LogP contribution in [0.15, 0.2) is 23.0 Å². The zero-order valence-electron chi connectivity index (χ0n) is 13.4. The molecule has 136 valence electrons. The van der Waals surface area contributed by atoms with Crippen LogP contribution in [0.25, 0.3) is 22.4 Å². The summed E-state index contributed by atoms with van der Waals surface area (Å²) in [7, 11) is -2.99. The highest BCUT2D eigenvalue weighted by Gasteiger charge is 2.27. The average Bonchev–Trinajstić information content (AvgIpc) is 3.26. The minimum absolute atomic E-state index is 0.0605. The van der Waals surface area contributed by atoms with Gasteiger partial charge in [0.1, 0.15) is 15.5 Å². The molecule has 2 N–H and O–H groups in total. The molecular formula is C15H14ClN5O4S. The van der Waals surface area contributed by atoms with Gasteiger partial charge >= 0.3 is 11.8 Å².